The van der Waals surface area contributed by atoms with Gasteiger partial charge >= 0.3 is 0 Å². The van der Waals surface area contributed by atoms with Crippen molar-refractivity contribution in [3.05, 3.63) is 47.5 Å². The molecule has 2 aliphatic heterocycles. The lowest BCUT2D eigenvalue weighted by Crippen LogP contribution is -2.36. The van der Waals surface area contributed by atoms with Crippen LogP contribution in [-0.2, 0) is 26.5 Å². The lowest BCUT2D eigenvalue weighted by Gasteiger charge is -2.25. The third kappa shape index (κ3) is 3.38. The number of sulfonamides is 2. The molecule has 9 heteroatoms. The van der Waals surface area contributed by atoms with E-state index in [9.17, 15) is 16.8 Å². The number of anilines is 1. The number of nitrogens with zero attached hydrogens (tertiary/aromatic N) is 2. The van der Waals surface area contributed by atoms with Gasteiger partial charge in [-0.3, -0.25) is 4.31 Å². The van der Waals surface area contributed by atoms with Crippen LogP contribution in [0.2, 0.25) is 0 Å². The standard InChI is InChI=1S/C21H26N2O5S2/c1-15-6-9-20(28-3)21(12-15)30(26,27)23-16(2)13-17-14-18(7-8-19(17)23)29(24,25)22-10-4-5-11-22/h6-9,12,14,16H,4-5,10-11,13H2,1-3H3/t16-/m0/s1. The number of benzene rings is 2. The predicted molar refractivity (Wildman–Crippen MR) is 115 cm³/mol. The van der Waals surface area contributed by atoms with Crippen LogP contribution in [-0.4, -0.2) is 47.4 Å². The summed E-state index contributed by atoms with van der Waals surface area (Å²) in [5, 5.41) is 0. The summed E-state index contributed by atoms with van der Waals surface area (Å²) in [6.07, 6.45) is 2.18. The van der Waals surface area contributed by atoms with Gasteiger partial charge in [0.25, 0.3) is 10.0 Å². The van der Waals surface area contributed by atoms with Crippen LogP contribution < -0.4 is 9.04 Å². The van der Waals surface area contributed by atoms with Crippen molar-refractivity contribution in [1.29, 1.82) is 0 Å². The fourth-order valence-electron chi connectivity index (χ4n) is 4.27. The van der Waals surface area contributed by atoms with Crippen molar-refractivity contribution in [3.63, 3.8) is 0 Å². The molecule has 0 radical (unpaired) electrons. The number of methoxy groups -OCH3 is 1. The third-order valence-electron chi connectivity index (χ3n) is 5.76. The second-order valence-corrected chi connectivity index (χ2v) is 11.6. The summed E-state index contributed by atoms with van der Waals surface area (Å²) in [6.45, 7) is 4.72. The molecule has 1 fully saturated rings. The van der Waals surface area contributed by atoms with E-state index in [-0.39, 0.29) is 21.6 Å². The van der Waals surface area contributed by atoms with Crippen LogP contribution in [0.3, 0.4) is 0 Å². The Morgan fingerprint density at radius 3 is 2.33 bits per heavy atom. The number of ether oxygens (including phenoxy) is 1. The first-order valence-corrected chi connectivity index (χ1v) is 12.9. The molecule has 1 atom stereocenters. The van der Waals surface area contributed by atoms with Crippen molar-refractivity contribution in [2.75, 3.05) is 24.5 Å². The van der Waals surface area contributed by atoms with E-state index in [1.165, 1.54) is 21.8 Å². The van der Waals surface area contributed by atoms with Gasteiger partial charge in [0.1, 0.15) is 10.6 Å². The van der Waals surface area contributed by atoms with Crippen LogP contribution in [0.15, 0.2) is 46.2 Å². The highest BCUT2D eigenvalue weighted by Crippen LogP contribution is 2.40. The van der Waals surface area contributed by atoms with Gasteiger partial charge < -0.3 is 4.74 Å². The molecule has 0 aliphatic carbocycles. The molecule has 2 aromatic rings. The van der Waals surface area contributed by atoms with Gasteiger partial charge in [0.15, 0.2) is 0 Å². The number of rotatable bonds is 5. The normalized spacial score (nSPS) is 19.8. The summed E-state index contributed by atoms with van der Waals surface area (Å²) in [5.41, 5.74) is 2.05. The van der Waals surface area contributed by atoms with Gasteiger partial charge in [-0.15, -0.1) is 0 Å². The average Bonchev–Trinajstić information content (AvgIpc) is 3.35. The molecule has 7 nitrogen and oxygen atoms in total. The molecule has 0 saturated carbocycles. The minimum absolute atomic E-state index is 0.110. The molecular weight excluding hydrogens is 424 g/mol. The summed E-state index contributed by atoms with van der Waals surface area (Å²) in [5.74, 6) is 0.287. The van der Waals surface area contributed by atoms with E-state index in [2.05, 4.69) is 0 Å². The quantitative estimate of drug-likeness (QED) is 0.699. The zero-order valence-corrected chi connectivity index (χ0v) is 19.0. The van der Waals surface area contributed by atoms with Crippen LogP contribution in [0.4, 0.5) is 5.69 Å². The number of fused-ring (bicyclic) bond motifs is 1. The molecule has 4 rings (SSSR count). The molecule has 30 heavy (non-hydrogen) atoms. The Balaban J connectivity index is 1.76. The molecule has 0 N–H and O–H groups in total. The first kappa shape index (κ1) is 21.1. The molecule has 0 bridgehead atoms. The largest absolute Gasteiger partial charge is 0.495 e. The van der Waals surface area contributed by atoms with Crippen molar-refractivity contribution in [2.45, 2.75) is 48.9 Å². The van der Waals surface area contributed by atoms with Gasteiger partial charge in [-0.05, 0) is 74.6 Å². The maximum absolute atomic E-state index is 13.5. The number of hydrogen-bond acceptors (Lipinski definition) is 5. The monoisotopic (exact) mass is 450 g/mol. The zero-order chi connectivity index (χ0) is 21.7. The van der Waals surface area contributed by atoms with Crippen LogP contribution in [0, 0.1) is 6.92 Å². The van der Waals surface area contributed by atoms with Gasteiger partial charge in [0.2, 0.25) is 10.0 Å². The van der Waals surface area contributed by atoms with Gasteiger partial charge in [0.05, 0.1) is 17.7 Å². The Hall–Kier alpha value is -2.10. The maximum atomic E-state index is 13.5. The fourth-order valence-corrected chi connectivity index (χ4v) is 7.78. The van der Waals surface area contributed by atoms with E-state index in [1.54, 1.807) is 30.3 Å². The highest BCUT2D eigenvalue weighted by atomic mass is 32.2. The number of aryl methyl sites for hydroxylation is 1. The van der Waals surface area contributed by atoms with Gasteiger partial charge in [-0.1, -0.05) is 6.07 Å². The molecule has 2 aromatic carbocycles. The molecule has 0 amide bonds. The minimum atomic E-state index is -3.88. The van der Waals surface area contributed by atoms with E-state index < -0.39 is 20.0 Å². The fraction of sp³-hybridized carbons (Fsp3) is 0.429. The second kappa shape index (κ2) is 7.55. The average molecular weight is 451 g/mol. The predicted octanol–water partition coefficient (Wildman–Crippen LogP) is 2.93. The second-order valence-electron chi connectivity index (χ2n) is 7.91. The molecule has 2 aliphatic rings. The molecule has 0 unspecified atom stereocenters. The van der Waals surface area contributed by atoms with Gasteiger partial charge in [-0.25, -0.2) is 16.8 Å². The summed E-state index contributed by atoms with van der Waals surface area (Å²) >= 11 is 0. The third-order valence-corrected chi connectivity index (χ3v) is 9.61. The topological polar surface area (TPSA) is 84.0 Å². The van der Waals surface area contributed by atoms with Crippen molar-refractivity contribution in [1.82, 2.24) is 4.31 Å². The molecule has 0 spiro atoms. The first-order chi connectivity index (χ1) is 14.2. The summed E-state index contributed by atoms with van der Waals surface area (Å²) < 4.78 is 61.1. The van der Waals surface area contributed by atoms with Crippen LogP contribution in [0.25, 0.3) is 0 Å². The van der Waals surface area contributed by atoms with Crippen LogP contribution >= 0.6 is 0 Å². The zero-order valence-electron chi connectivity index (χ0n) is 17.3. The van der Waals surface area contributed by atoms with Crippen molar-refractivity contribution in [2.24, 2.45) is 0 Å². The Morgan fingerprint density at radius 2 is 1.67 bits per heavy atom. The maximum Gasteiger partial charge on any atom is 0.268 e. The van der Waals surface area contributed by atoms with Crippen molar-refractivity contribution >= 4 is 25.7 Å². The Morgan fingerprint density at radius 1 is 0.967 bits per heavy atom. The Kier molecular flexibility index (Phi) is 5.32. The first-order valence-electron chi connectivity index (χ1n) is 9.98. The summed E-state index contributed by atoms with van der Waals surface area (Å²) in [4.78, 5) is 0.334. The SMILES string of the molecule is COc1ccc(C)cc1S(=O)(=O)N1c2ccc(S(=O)(=O)N3CCCC3)cc2C[C@@H]1C. The minimum Gasteiger partial charge on any atom is -0.495 e. The molecule has 2 heterocycles. The summed E-state index contributed by atoms with van der Waals surface area (Å²) in [6, 6.07) is 9.47. The van der Waals surface area contributed by atoms with Gasteiger partial charge in [0, 0.05) is 19.1 Å². The number of hydrogen-bond donors (Lipinski definition) is 0. The highest BCUT2D eigenvalue weighted by Gasteiger charge is 2.39. The lowest BCUT2D eigenvalue weighted by atomic mass is 10.1. The van der Waals surface area contributed by atoms with E-state index in [1.807, 2.05) is 13.8 Å². The smallest absolute Gasteiger partial charge is 0.268 e. The molecule has 1 saturated heterocycles. The molecule has 162 valence electrons. The Labute approximate surface area is 178 Å². The lowest BCUT2D eigenvalue weighted by molar-refractivity contribution is 0.402. The highest BCUT2D eigenvalue weighted by molar-refractivity contribution is 7.93. The molecule has 0 aromatic heterocycles. The van der Waals surface area contributed by atoms with E-state index in [0.717, 1.165) is 24.0 Å². The van der Waals surface area contributed by atoms with E-state index >= 15 is 0 Å². The van der Waals surface area contributed by atoms with Gasteiger partial charge in [-0.2, -0.15) is 4.31 Å². The van der Waals surface area contributed by atoms with Crippen LogP contribution in [0.1, 0.15) is 30.9 Å². The summed E-state index contributed by atoms with van der Waals surface area (Å²) in [7, 11) is -5.99. The van der Waals surface area contributed by atoms with E-state index in [4.69, 9.17) is 4.74 Å². The Bertz CT molecular complexity index is 1190. The van der Waals surface area contributed by atoms with Crippen molar-refractivity contribution < 1.29 is 21.6 Å². The van der Waals surface area contributed by atoms with E-state index in [0.29, 0.717) is 25.2 Å². The molecular formula is C21H26N2O5S2. The van der Waals surface area contributed by atoms with Crippen LogP contribution in [0.5, 0.6) is 5.75 Å². The van der Waals surface area contributed by atoms with Crippen molar-refractivity contribution in [3.8, 4) is 5.75 Å².